The van der Waals surface area contributed by atoms with E-state index < -0.39 is 0 Å². The van der Waals surface area contributed by atoms with Crippen molar-refractivity contribution in [2.45, 2.75) is 13.0 Å². The van der Waals surface area contributed by atoms with E-state index >= 15 is 0 Å². The minimum Gasteiger partial charge on any atom is -0.378 e. The van der Waals surface area contributed by atoms with Gasteiger partial charge >= 0.3 is 0 Å². The zero-order chi connectivity index (χ0) is 13.8. The average molecular weight is 339 g/mol. The molecule has 0 aliphatic carbocycles. The van der Waals surface area contributed by atoms with Gasteiger partial charge in [-0.15, -0.1) is 11.3 Å². The van der Waals surface area contributed by atoms with Crippen LogP contribution in [0.1, 0.15) is 28.2 Å². The SMILES string of the molecule is CNC(=O)c1cccc(NC(C)c2sccc2Br)c1. The molecular weight excluding hydrogens is 324 g/mol. The van der Waals surface area contributed by atoms with Crippen LogP contribution in [-0.2, 0) is 0 Å². The molecule has 2 N–H and O–H groups in total. The van der Waals surface area contributed by atoms with Gasteiger partial charge in [-0.1, -0.05) is 6.07 Å². The number of nitrogens with one attached hydrogen (secondary N) is 2. The highest BCUT2D eigenvalue weighted by atomic mass is 79.9. The molecule has 1 aromatic heterocycles. The summed E-state index contributed by atoms with van der Waals surface area (Å²) in [6.45, 7) is 2.10. The van der Waals surface area contributed by atoms with Crippen LogP contribution >= 0.6 is 27.3 Å². The molecular formula is C14H15BrN2OS. The molecule has 3 nitrogen and oxygen atoms in total. The van der Waals surface area contributed by atoms with E-state index in [4.69, 9.17) is 0 Å². The van der Waals surface area contributed by atoms with E-state index in [0.717, 1.165) is 10.2 Å². The molecule has 5 heteroatoms. The fraction of sp³-hybridized carbons (Fsp3) is 0.214. The smallest absolute Gasteiger partial charge is 0.251 e. The van der Waals surface area contributed by atoms with Crippen LogP contribution in [0.15, 0.2) is 40.2 Å². The molecule has 0 saturated heterocycles. The molecule has 1 heterocycles. The molecule has 0 fully saturated rings. The van der Waals surface area contributed by atoms with Crippen LogP contribution in [-0.4, -0.2) is 13.0 Å². The lowest BCUT2D eigenvalue weighted by molar-refractivity contribution is 0.0963. The monoisotopic (exact) mass is 338 g/mol. The van der Waals surface area contributed by atoms with Crippen molar-refractivity contribution < 1.29 is 4.79 Å². The van der Waals surface area contributed by atoms with Gasteiger partial charge in [0, 0.05) is 27.6 Å². The Morgan fingerprint density at radius 3 is 2.79 bits per heavy atom. The first-order chi connectivity index (χ1) is 9.11. The lowest BCUT2D eigenvalue weighted by Gasteiger charge is -2.15. The maximum atomic E-state index is 11.6. The van der Waals surface area contributed by atoms with Gasteiger partial charge in [-0.25, -0.2) is 0 Å². The van der Waals surface area contributed by atoms with E-state index in [-0.39, 0.29) is 11.9 Å². The number of anilines is 1. The van der Waals surface area contributed by atoms with Crippen LogP contribution in [0.3, 0.4) is 0 Å². The van der Waals surface area contributed by atoms with Gasteiger partial charge in [-0.05, 0) is 52.5 Å². The topological polar surface area (TPSA) is 41.1 Å². The fourth-order valence-electron chi connectivity index (χ4n) is 1.82. The van der Waals surface area contributed by atoms with Crippen LogP contribution in [0.5, 0.6) is 0 Å². The summed E-state index contributed by atoms with van der Waals surface area (Å²) in [5, 5.41) is 8.09. The van der Waals surface area contributed by atoms with Gasteiger partial charge in [0.05, 0.1) is 6.04 Å². The predicted octanol–water partition coefficient (Wildman–Crippen LogP) is 4.04. The second kappa shape index (κ2) is 6.21. The lowest BCUT2D eigenvalue weighted by atomic mass is 10.1. The molecule has 1 amide bonds. The Bertz CT molecular complexity index is 582. The Balaban J connectivity index is 2.15. The average Bonchev–Trinajstić information content (AvgIpc) is 2.84. The first kappa shape index (κ1) is 14.1. The van der Waals surface area contributed by atoms with Gasteiger partial charge in [0.1, 0.15) is 0 Å². The van der Waals surface area contributed by atoms with Crippen molar-refractivity contribution in [3.63, 3.8) is 0 Å². The third-order valence-electron chi connectivity index (χ3n) is 2.77. The summed E-state index contributed by atoms with van der Waals surface area (Å²) in [4.78, 5) is 12.8. The summed E-state index contributed by atoms with van der Waals surface area (Å²) < 4.78 is 1.11. The molecule has 1 unspecified atom stereocenters. The van der Waals surface area contributed by atoms with Gasteiger partial charge in [-0.3, -0.25) is 4.79 Å². The highest BCUT2D eigenvalue weighted by Crippen LogP contribution is 2.31. The number of hydrogen-bond donors (Lipinski definition) is 2. The molecule has 1 atom stereocenters. The fourth-order valence-corrected chi connectivity index (χ4v) is 3.55. The molecule has 0 radical (unpaired) electrons. The first-order valence-corrected chi connectivity index (χ1v) is 7.60. The van der Waals surface area contributed by atoms with E-state index in [1.807, 2.05) is 24.3 Å². The van der Waals surface area contributed by atoms with Crippen molar-refractivity contribution >= 4 is 38.9 Å². The molecule has 19 heavy (non-hydrogen) atoms. The Morgan fingerprint density at radius 1 is 1.37 bits per heavy atom. The van der Waals surface area contributed by atoms with E-state index in [2.05, 4.69) is 38.9 Å². The van der Waals surface area contributed by atoms with Gasteiger partial charge in [-0.2, -0.15) is 0 Å². The van der Waals surface area contributed by atoms with Crippen molar-refractivity contribution in [1.82, 2.24) is 5.32 Å². The third-order valence-corrected chi connectivity index (χ3v) is 4.83. The third kappa shape index (κ3) is 3.36. The normalized spacial score (nSPS) is 11.9. The van der Waals surface area contributed by atoms with Crippen LogP contribution in [0.4, 0.5) is 5.69 Å². The Labute approximate surface area is 125 Å². The van der Waals surface area contributed by atoms with E-state index in [9.17, 15) is 4.79 Å². The molecule has 1 aromatic carbocycles. The zero-order valence-electron chi connectivity index (χ0n) is 10.7. The second-order valence-corrected chi connectivity index (χ2v) is 5.96. The first-order valence-electron chi connectivity index (χ1n) is 5.93. The summed E-state index contributed by atoms with van der Waals surface area (Å²) in [7, 11) is 1.63. The summed E-state index contributed by atoms with van der Waals surface area (Å²) in [6, 6.07) is 9.73. The summed E-state index contributed by atoms with van der Waals surface area (Å²) in [5.41, 5.74) is 1.60. The summed E-state index contributed by atoms with van der Waals surface area (Å²) in [5.74, 6) is -0.0754. The highest BCUT2D eigenvalue weighted by Gasteiger charge is 2.11. The number of thiophene rings is 1. The quantitative estimate of drug-likeness (QED) is 0.883. The van der Waals surface area contributed by atoms with Crippen LogP contribution in [0.2, 0.25) is 0 Å². The molecule has 100 valence electrons. The van der Waals surface area contributed by atoms with Gasteiger partial charge in [0.15, 0.2) is 0 Å². The Hall–Kier alpha value is -1.33. The molecule has 2 rings (SSSR count). The number of amides is 1. The van der Waals surface area contributed by atoms with E-state index in [0.29, 0.717) is 5.56 Å². The maximum Gasteiger partial charge on any atom is 0.251 e. The van der Waals surface area contributed by atoms with Crippen LogP contribution in [0, 0.1) is 0 Å². The van der Waals surface area contributed by atoms with Crippen molar-refractivity contribution in [3.05, 3.63) is 50.6 Å². The van der Waals surface area contributed by atoms with Crippen molar-refractivity contribution in [2.75, 3.05) is 12.4 Å². The molecule has 0 saturated carbocycles. The van der Waals surface area contributed by atoms with E-state index in [1.54, 1.807) is 24.5 Å². The van der Waals surface area contributed by atoms with E-state index in [1.165, 1.54) is 4.88 Å². The van der Waals surface area contributed by atoms with Gasteiger partial charge in [0.25, 0.3) is 5.91 Å². The minimum atomic E-state index is -0.0754. The number of carbonyl (C=O) groups excluding carboxylic acids is 1. The molecule has 0 bridgehead atoms. The van der Waals surface area contributed by atoms with Gasteiger partial charge < -0.3 is 10.6 Å². The summed E-state index contributed by atoms with van der Waals surface area (Å²) in [6.07, 6.45) is 0. The number of carbonyl (C=O) groups is 1. The summed E-state index contributed by atoms with van der Waals surface area (Å²) >= 11 is 5.24. The largest absolute Gasteiger partial charge is 0.378 e. The Kier molecular flexibility index (Phi) is 4.61. The number of rotatable bonds is 4. The van der Waals surface area contributed by atoms with Gasteiger partial charge in [0.2, 0.25) is 0 Å². The molecule has 2 aromatic rings. The number of halogens is 1. The zero-order valence-corrected chi connectivity index (χ0v) is 13.1. The van der Waals surface area contributed by atoms with Crippen molar-refractivity contribution in [1.29, 1.82) is 0 Å². The predicted molar refractivity (Wildman–Crippen MR) is 83.9 cm³/mol. The van der Waals surface area contributed by atoms with Crippen LogP contribution in [0.25, 0.3) is 0 Å². The van der Waals surface area contributed by atoms with Crippen molar-refractivity contribution in [2.24, 2.45) is 0 Å². The second-order valence-electron chi connectivity index (χ2n) is 4.16. The van der Waals surface area contributed by atoms with Crippen molar-refractivity contribution in [3.8, 4) is 0 Å². The molecule has 0 spiro atoms. The standard InChI is InChI=1S/C14H15BrN2OS/c1-9(13-12(15)6-7-19-13)17-11-5-3-4-10(8-11)14(18)16-2/h3-9,17H,1-2H3,(H,16,18). The molecule has 0 aliphatic heterocycles. The minimum absolute atomic E-state index is 0.0754. The maximum absolute atomic E-state index is 11.6. The van der Waals surface area contributed by atoms with Crippen LogP contribution < -0.4 is 10.6 Å². The highest BCUT2D eigenvalue weighted by molar-refractivity contribution is 9.10. The lowest BCUT2D eigenvalue weighted by Crippen LogP contribution is -2.18. The number of hydrogen-bond acceptors (Lipinski definition) is 3. The molecule has 0 aliphatic rings. The Morgan fingerprint density at radius 2 is 2.16 bits per heavy atom. The number of benzene rings is 1.